The van der Waals surface area contributed by atoms with E-state index in [0.29, 0.717) is 5.92 Å². The molecule has 2 fully saturated rings. The standard InChI is InChI=1S/C21H38F2O3Si/c1-14(13-21(22,23)18(24)25)15-10-11-16-17(9-8-12-20(15,16)5)26-27(6,7)19(2,3)4/h14-17H,8-13H2,1-7H3,(H,24,25)/t14?,15-,16+,17+,20-/m1/s1. The minimum absolute atomic E-state index is 0.0285. The van der Waals surface area contributed by atoms with Gasteiger partial charge >= 0.3 is 11.9 Å². The number of carbonyl (C=O) groups is 1. The van der Waals surface area contributed by atoms with Crippen molar-refractivity contribution in [3.8, 4) is 0 Å². The molecule has 0 aromatic rings. The highest BCUT2D eigenvalue weighted by atomic mass is 28.4. The zero-order valence-electron chi connectivity index (χ0n) is 18.1. The second kappa shape index (κ2) is 7.40. The average Bonchev–Trinajstić information content (AvgIpc) is 2.83. The van der Waals surface area contributed by atoms with E-state index < -0.39 is 26.6 Å². The third-order valence-electron chi connectivity index (χ3n) is 7.97. The van der Waals surface area contributed by atoms with Gasteiger partial charge in [-0.2, -0.15) is 8.78 Å². The Morgan fingerprint density at radius 2 is 1.85 bits per heavy atom. The second-order valence-corrected chi connectivity index (χ2v) is 15.6. The normalized spacial score (nSPS) is 33.6. The van der Waals surface area contributed by atoms with E-state index in [1.165, 1.54) is 0 Å². The van der Waals surface area contributed by atoms with Crippen LogP contribution in [-0.2, 0) is 9.22 Å². The Morgan fingerprint density at radius 3 is 2.37 bits per heavy atom. The fraction of sp³-hybridized carbons (Fsp3) is 0.952. The molecule has 5 atom stereocenters. The lowest BCUT2D eigenvalue weighted by molar-refractivity contribution is -0.168. The Kier molecular flexibility index (Phi) is 6.24. The van der Waals surface area contributed by atoms with E-state index in [1.807, 2.05) is 6.92 Å². The Labute approximate surface area is 164 Å². The van der Waals surface area contributed by atoms with Gasteiger partial charge < -0.3 is 9.53 Å². The highest BCUT2D eigenvalue weighted by molar-refractivity contribution is 6.74. The molecule has 0 aromatic carbocycles. The molecule has 2 aliphatic rings. The van der Waals surface area contributed by atoms with E-state index in [-0.39, 0.29) is 28.4 Å². The molecule has 1 unspecified atom stereocenters. The summed E-state index contributed by atoms with van der Waals surface area (Å²) in [6.07, 6.45) is 4.69. The van der Waals surface area contributed by atoms with Crippen LogP contribution in [0.2, 0.25) is 18.1 Å². The molecule has 1 N–H and O–H groups in total. The van der Waals surface area contributed by atoms with Gasteiger partial charge in [0.05, 0.1) is 0 Å². The summed E-state index contributed by atoms with van der Waals surface area (Å²) in [5, 5.41) is 8.96. The first-order valence-electron chi connectivity index (χ1n) is 10.4. The number of carboxylic acid groups (broad SMARTS) is 1. The fourth-order valence-corrected chi connectivity index (χ4v) is 6.82. The summed E-state index contributed by atoms with van der Waals surface area (Å²) in [5.41, 5.74) is -0.0285. The Hall–Kier alpha value is -0.493. The molecule has 0 radical (unpaired) electrons. The number of hydrogen-bond donors (Lipinski definition) is 1. The smallest absolute Gasteiger partial charge is 0.374 e. The maximum atomic E-state index is 13.8. The van der Waals surface area contributed by atoms with E-state index in [1.54, 1.807) is 0 Å². The Morgan fingerprint density at radius 1 is 1.26 bits per heavy atom. The summed E-state index contributed by atoms with van der Waals surface area (Å²) in [4.78, 5) is 10.9. The zero-order valence-corrected chi connectivity index (χ0v) is 19.1. The zero-order chi connectivity index (χ0) is 20.8. The number of fused-ring (bicyclic) bond motifs is 1. The van der Waals surface area contributed by atoms with E-state index in [2.05, 4.69) is 40.8 Å². The molecule has 0 spiro atoms. The SMILES string of the molecule is CC(CC(F)(F)C(=O)O)[C@H]1CC[C@H]2[C@@H](O[Si](C)(C)C(C)(C)C)CCC[C@]12C. The van der Waals surface area contributed by atoms with Crippen molar-refractivity contribution in [2.24, 2.45) is 23.2 Å². The van der Waals surface area contributed by atoms with Crippen LogP contribution in [0.5, 0.6) is 0 Å². The molecule has 0 amide bonds. The molecule has 2 aliphatic carbocycles. The molecule has 0 bridgehead atoms. The fourth-order valence-electron chi connectivity index (χ4n) is 5.42. The summed E-state index contributed by atoms with van der Waals surface area (Å²) in [6, 6.07) is 0. The molecule has 6 heteroatoms. The molecule has 2 rings (SSSR count). The molecular formula is C21H38F2O3Si. The summed E-state index contributed by atoms with van der Waals surface area (Å²) in [5.74, 6) is -5.42. The highest BCUT2D eigenvalue weighted by Crippen LogP contribution is 2.60. The summed E-state index contributed by atoms with van der Waals surface area (Å²) >= 11 is 0. The van der Waals surface area contributed by atoms with Crippen LogP contribution in [0.1, 0.15) is 73.1 Å². The largest absolute Gasteiger partial charge is 0.477 e. The predicted octanol–water partition coefficient (Wildman–Crippen LogP) is 6.34. The van der Waals surface area contributed by atoms with Gasteiger partial charge in [0, 0.05) is 12.5 Å². The van der Waals surface area contributed by atoms with Crippen molar-refractivity contribution in [2.75, 3.05) is 0 Å². The van der Waals surface area contributed by atoms with Gasteiger partial charge in [-0.3, -0.25) is 0 Å². The third kappa shape index (κ3) is 4.41. The van der Waals surface area contributed by atoms with E-state index >= 15 is 0 Å². The Bertz CT molecular complexity index is 558. The van der Waals surface area contributed by atoms with Gasteiger partial charge in [-0.25, -0.2) is 4.79 Å². The summed E-state index contributed by atoms with van der Waals surface area (Å²) in [7, 11) is -1.89. The number of aliphatic carboxylic acids is 1. The minimum atomic E-state index is -3.64. The van der Waals surface area contributed by atoms with Crippen molar-refractivity contribution in [2.45, 2.75) is 103 Å². The molecule has 0 saturated heterocycles. The topological polar surface area (TPSA) is 46.5 Å². The lowest BCUT2D eigenvalue weighted by Crippen LogP contribution is -2.50. The van der Waals surface area contributed by atoms with Crippen molar-refractivity contribution in [3.63, 3.8) is 0 Å². The van der Waals surface area contributed by atoms with Crippen LogP contribution in [0.4, 0.5) is 8.78 Å². The first-order chi connectivity index (χ1) is 12.1. The summed E-state index contributed by atoms with van der Waals surface area (Å²) in [6.45, 7) is 15.3. The maximum Gasteiger partial charge on any atom is 0.374 e. The van der Waals surface area contributed by atoms with Crippen molar-refractivity contribution in [1.29, 1.82) is 0 Å². The average molecular weight is 405 g/mol. The number of alkyl halides is 2. The number of halogens is 2. The molecule has 3 nitrogen and oxygen atoms in total. The molecule has 158 valence electrons. The molecule has 0 aliphatic heterocycles. The van der Waals surface area contributed by atoms with Crippen molar-refractivity contribution >= 4 is 14.3 Å². The van der Waals surface area contributed by atoms with E-state index in [0.717, 1.165) is 32.1 Å². The lowest BCUT2D eigenvalue weighted by Gasteiger charge is -2.50. The van der Waals surface area contributed by atoms with E-state index in [9.17, 15) is 13.6 Å². The molecular weight excluding hydrogens is 366 g/mol. The third-order valence-corrected chi connectivity index (χ3v) is 12.5. The van der Waals surface area contributed by atoms with Crippen LogP contribution in [0.3, 0.4) is 0 Å². The number of carboxylic acids is 1. The van der Waals surface area contributed by atoms with Crippen molar-refractivity contribution in [1.82, 2.24) is 0 Å². The quantitative estimate of drug-likeness (QED) is 0.525. The van der Waals surface area contributed by atoms with Gasteiger partial charge in [-0.1, -0.05) is 41.0 Å². The molecule has 0 heterocycles. The first-order valence-corrected chi connectivity index (χ1v) is 13.3. The highest BCUT2D eigenvalue weighted by Gasteiger charge is 2.55. The predicted molar refractivity (Wildman–Crippen MR) is 107 cm³/mol. The molecule has 0 aromatic heterocycles. The maximum absolute atomic E-state index is 13.8. The van der Waals surface area contributed by atoms with E-state index in [4.69, 9.17) is 9.53 Å². The monoisotopic (exact) mass is 404 g/mol. The van der Waals surface area contributed by atoms with Crippen LogP contribution in [0.25, 0.3) is 0 Å². The van der Waals surface area contributed by atoms with Crippen LogP contribution in [0, 0.1) is 23.2 Å². The van der Waals surface area contributed by atoms with Gasteiger partial charge in [0.2, 0.25) is 0 Å². The lowest BCUT2D eigenvalue weighted by atomic mass is 9.61. The summed E-state index contributed by atoms with van der Waals surface area (Å²) < 4.78 is 34.4. The van der Waals surface area contributed by atoms with Gasteiger partial charge in [-0.05, 0) is 67.0 Å². The Balaban J connectivity index is 2.17. The molecule has 2 saturated carbocycles. The number of hydrogen-bond acceptors (Lipinski definition) is 2. The van der Waals surface area contributed by atoms with Crippen molar-refractivity contribution in [3.05, 3.63) is 0 Å². The van der Waals surface area contributed by atoms with Gasteiger partial charge in [-0.15, -0.1) is 0 Å². The van der Waals surface area contributed by atoms with Crippen LogP contribution in [0.15, 0.2) is 0 Å². The van der Waals surface area contributed by atoms with Crippen molar-refractivity contribution < 1.29 is 23.1 Å². The van der Waals surface area contributed by atoms with Gasteiger partial charge in [0.1, 0.15) is 0 Å². The molecule has 27 heavy (non-hydrogen) atoms. The van der Waals surface area contributed by atoms with Crippen LogP contribution < -0.4 is 0 Å². The van der Waals surface area contributed by atoms with Crippen LogP contribution >= 0.6 is 0 Å². The van der Waals surface area contributed by atoms with Gasteiger partial charge in [0.25, 0.3) is 0 Å². The first kappa shape index (κ1) is 22.8. The minimum Gasteiger partial charge on any atom is -0.477 e. The van der Waals surface area contributed by atoms with Crippen LogP contribution in [-0.4, -0.2) is 31.4 Å². The van der Waals surface area contributed by atoms with Gasteiger partial charge in [0.15, 0.2) is 8.32 Å². The second-order valence-electron chi connectivity index (χ2n) is 10.8. The number of rotatable bonds is 6.